The van der Waals surface area contributed by atoms with Crippen LogP contribution in [0.2, 0.25) is 0 Å². The van der Waals surface area contributed by atoms with Crippen LogP contribution >= 0.6 is 0 Å². The topological polar surface area (TPSA) is 88.2 Å². The van der Waals surface area contributed by atoms with Crippen LogP contribution in [0, 0.1) is 0 Å². The Balaban J connectivity index is 1.20. The molecular formula is C26H29N3O5. The van der Waals surface area contributed by atoms with Crippen molar-refractivity contribution in [2.45, 2.75) is 25.4 Å². The van der Waals surface area contributed by atoms with Crippen molar-refractivity contribution in [3.63, 3.8) is 0 Å². The largest absolute Gasteiger partial charge is 0.379 e. The number of hydrogen-bond acceptors (Lipinski definition) is 6. The number of rotatable bonds is 7. The lowest BCUT2D eigenvalue weighted by Gasteiger charge is -2.26. The minimum Gasteiger partial charge on any atom is -0.379 e. The number of hydrogen-bond donors (Lipinski definition) is 1. The van der Waals surface area contributed by atoms with Gasteiger partial charge in [-0.2, -0.15) is 0 Å². The van der Waals surface area contributed by atoms with Crippen molar-refractivity contribution in [2.24, 2.45) is 0 Å². The summed E-state index contributed by atoms with van der Waals surface area (Å²) in [6, 6.07) is 12.5. The molecule has 178 valence electrons. The van der Waals surface area contributed by atoms with E-state index in [1.54, 1.807) is 12.1 Å². The third-order valence-electron chi connectivity index (χ3n) is 6.68. The van der Waals surface area contributed by atoms with Gasteiger partial charge in [-0.15, -0.1) is 0 Å². The van der Waals surface area contributed by atoms with E-state index in [9.17, 15) is 14.4 Å². The van der Waals surface area contributed by atoms with E-state index >= 15 is 0 Å². The van der Waals surface area contributed by atoms with Gasteiger partial charge in [0.1, 0.15) is 0 Å². The molecule has 2 fully saturated rings. The number of ether oxygens (including phenoxy) is 2. The van der Waals surface area contributed by atoms with Crippen LogP contribution in [0.25, 0.3) is 0 Å². The van der Waals surface area contributed by atoms with Crippen LogP contribution in [0.1, 0.15) is 49.5 Å². The lowest BCUT2D eigenvalue weighted by atomic mass is 10.1. The number of carbonyl (C=O) groups is 3. The number of benzene rings is 2. The monoisotopic (exact) mass is 463 g/mol. The second kappa shape index (κ2) is 10.0. The maximum atomic E-state index is 12.8. The van der Waals surface area contributed by atoms with E-state index in [1.807, 2.05) is 24.3 Å². The molecule has 3 aliphatic heterocycles. The summed E-state index contributed by atoms with van der Waals surface area (Å²) < 4.78 is 11.0. The SMILES string of the molecule is O=C(Nc1ccc(CCN2CCOCC2)cc1)c1ccc2c(c1)C(=O)N(CC1CCCO1)C2=O. The molecule has 3 aliphatic rings. The Hall–Kier alpha value is -3.07. The number of nitrogens with zero attached hydrogens (tertiary/aromatic N) is 2. The summed E-state index contributed by atoms with van der Waals surface area (Å²) >= 11 is 0. The Morgan fingerprint density at radius 3 is 2.47 bits per heavy atom. The molecule has 5 rings (SSSR count). The normalized spacial score (nSPS) is 20.6. The predicted molar refractivity (Wildman–Crippen MR) is 126 cm³/mol. The molecule has 0 bridgehead atoms. The first kappa shape index (κ1) is 22.7. The zero-order chi connectivity index (χ0) is 23.5. The van der Waals surface area contributed by atoms with E-state index in [0.717, 1.165) is 52.1 Å². The van der Waals surface area contributed by atoms with Crippen LogP contribution in [0.5, 0.6) is 0 Å². The Morgan fingerprint density at radius 2 is 1.74 bits per heavy atom. The van der Waals surface area contributed by atoms with Gasteiger partial charge in [0.25, 0.3) is 17.7 Å². The standard InChI is InChI=1S/C26H29N3O5/c30-24(27-20-6-3-18(4-7-20)9-10-28-11-14-33-15-12-28)19-5-8-22-23(16-19)26(32)29(25(22)31)17-21-2-1-13-34-21/h3-8,16,21H,1-2,9-15,17H2,(H,27,30). The Labute approximate surface area is 198 Å². The highest BCUT2D eigenvalue weighted by Crippen LogP contribution is 2.26. The van der Waals surface area contributed by atoms with Crippen molar-refractivity contribution in [3.05, 3.63) is 64.7 Å². The molecule has 1 N–H and O–H groups in total. The quantitative estimate of drug-likeness (QED) is 0.635. The molecule has 0 aromatic heterocycles. The van der Waals surface area contributed by atoms with Gasteiger partial charge in [0.05, 0.1) is 37.0 Å². The summed E-state index contributed by atoms with van der Waals surface area (Å²) in [6.45, 7) is 5.42. The minimum absolute atomic E-state index is 0.109. The highest BCUT2D eigenvalue weighted by molar-refractivity contribution is 6.22. The number of amides is 3. The van der Waals surface area contributed by atoms with Gasteiger partial charge in [-0.05, 0) is 55.2 Å². The molecule has 34 heavy (non-hydrogen) atoms. The summed E-state index contributed by atoms with van der Waals surface area (Å²) in [5.74, 6) is -1.01. The highest BCUT2D eigenvalue weighted by Gasteiger charge is 2.38. The first-order chi connectivity index (χ1) is 16.6. The number of carbonyl (C=O) groups excluding carboxylic acids is 3. The predicted octanol–water partition coefficient (Wildman–Crippen LogP) is 2.59. The van der Waals surface area contributed by atoms with Gasteiger partial charge in [0.2, 0.25) is 0 Å². The van der Waals surface area contributed by atoms with Crippen molar-refractivity contribution in [1.29, 1.82) is 0 Å². The number of anilines is 1. The maximum Gasteiger partial charge on any atom is 0.261 e. The van der Waals surface area contributed by atoms with Gasteiger partial charge in [-0.1, -0.05) is 12.1 Å². The summed E-state index contributed by atoms with van der Waals surface area (Å²) in [6.07, 6.45) is 2.61. The van der Waals surface area contributed by atoms with Gasteiger partial charge in [-0.3, -0.25) is 24.2 Å². The van der Waals surface area contributed by atoms with Crippen LogP contribution in [-0.2, 0) is 15.9 Å². The average Bonchev–Trinajstić information content (AvgIpc) is 3.47. The second-order valence-electron chi connectivity index (χ2n) is 8.97. The smallest absolute Gasteiger partial charge is 0.261 e. The van der Waals surface area contributed by atoms with E-state index in [2.05, 4.69) is 10.2 Å². The van der Waals surface area contributed by atoms with Gasteiger partial charge in [0.15, 0.2) is 0 Å². The third-order valence-corrected chi connectivity index (χ3v) is 6.68. The number of imide groups is 1. The zero-order valence-electron chi connectivity index (χ0n) is 19.1. The molecule has 2 aromatic rings. The van der Waals surface area contributed by atoms with E-state index in [-0.39, 0.29) is 35.9 Å². The molecule has 0 saturated carbocycles. The molecule has 0 radical (unpaired) electrons. The van der Waals surface area contributed by atoms with E-state index in [4.69, 9.17) is 9.47 Å². The fourth-order valence-electron chi connectivity index (χ4n) is 4.66. The van der Waals surface area contributed by atoms with Crippen molar-refractivity contribution in [1.82, 2.24) is 9.80 Å². The molecule has 0 aliphatic carbocycles. The van der Waals surface area contributed by atoms with E-state index in [0.29, 0.717) is 23.4 Å². The van der Waals surface area contributed by atoms with Gasteiger partial charge in [0, 0.05) is 37.5 Å². The summed E-state index contributed by atoms with van der Waals surface area (Å²) in [5.41, 5.74) is 2.84. The van der Waals surface area contributed by atoms with Crippen molar-refractivity contribution >= 4 is 23.4 Å². The van der Waals surface area contributed by atoms with Crippen LogP contribution in [0.4, 0.5) is 5.69 Å². The molecule has 8 nitrogen and oxygen atoms in total. The van der Waals surface area contributed by atoms with Gasteiger partial charge in [-0.25, -0.2) is 0 Å². The van der Waals surface area contributed by atoms with Gasteiger partial charge >= 0.3 is 0 Å². The minimum atomic E-state index is -0.366. The second-order valence-corrected chi connectivity index (χ2v) is 8.97. The highest BCUT2D eigenvalue weighted by atomic mass is 16.5. The van der Waals surface area contributed by atoms with Crippen LogP contribution < -0.4 is 5.32 Å². The van der Waals surface area contributed by atoms with E-state index in [1.165, 1.54) is 16.5 Å². The Kier molecular flexibility index (Phi) is 6.71. The van der Waals surface area contributed by atoms with Crippen molar-refractivity contribution in [2.75, 3.05) is 51.3 Å². The summed E-state index contributed by atoms with van der Waals surface area (Å²) in [7, 11) is 0. The summed E-state index contributed by atoms with van der Waals surface area (Å²) in [4.78, 5) is 42.0. The molecule has 3 heterocycles. The lowest BCUT2D eigenvalue weighted by Crippen LogP contribution is -2.37. The fourth-order valence-corrected chi connectivity index (χ4v) is 4.66. The van der Waals surface area contributed by atoms with Crippen molar-refractivity contribution < 1.29 is 23.9 Å². The molecule has 3 amide bonds. The van der Waals surface area contributed by atoms with Crippen LogP contribution in [0.15, 0.2) is 42.5 Å². The fraction of sp³-hybridized carbons (Fsp3) is 0.423. The summed E-state index contributed by atoms with van der Waals surface area (Å²) in [5, 5.41) is 2.88. The number of nitrogens with one attached hydrogen (secondary N) is 1. The van der Waals surface area contributed by atoms with Crippen molar-refractivity contribution in [3.8, 4) is 0 Å². The Morgan fingerprint density at radius 1 is 0.971 bits per heavy atom. The maximum absolute atomic E-state index is 12.8. The zero-order valence-corrected chi connectivity index (χ0v) is 19.1. The van der Waals surface area contributed by atoms with Gasteiger partial charge < -0.3 is 14.8 Å². The number of fused-ring (bicyclic) bond motifs is 1. The molecule has 1 atom stereocenters. The molecule has 2 aromatic carbocycles. The van der Waals surface area contributed by atoms with E-state index < -0.39 is 0 Å². The Bertz CT molecular complexity index is 1070. The molecule has 8 heteroatoms. The molecule has 1 unspecified atom stereocenters. The molecule has 2 saturated heterocycles. The molecular weight excluding hydrogens is 434 g/mol. The molecule has 0 spiro atoms. The lowest BCUT2D eigenvalue weighted by molar-refractivity contribution is 0.0384. The van der Waals surface area contributed by atoms with Crippen LogP contribution in [0.3, 0.4) is 0 Å². The number of morpholine rings is 1. The van der Waals surface area contributed by atoms with Crippen LogP contribution in [-0.4, -0.2) is 79.6 Å². The third kappa shape index (κ3) is 4.89. The first-order valence-electron chi connectivity index (χ1n) is 11.9. The average molecular weight is 464 g/mol. The first-order valence-corrected chi connectivity index (χ1v) is 11.9.